The van der Waals surface area contributed by atoms with Crippen molar-refractivity contribution in [3.63, 3.8) is 0 Å². The largest absolute Gasteiger partial charge is 0.455 e. The van der Waals surface area contributed by atoms with Crippen LogP contribution in [0.25, 0.3) is 11.2 Å². The zero-order valence-electron chi connectivity index (χ0n) is 13.5. The topological polar surface area (TPSA) is 149 Å². The summed E-state index contributed by atoms with van der Waals surface area (Å²) in [5, 5.41) is 22.1. The van der Waals surface area contributed by atoms with Crippen molar-refractivity contribution in [1.82, 2.24) is 19.5 Å². The number of imidazole rings is 1. The summed E-state index contributed by atoms with van der Waals surface area (Å²) in [6, 6.07) is 0. The third-order valence-electron chi connectivity index (χ3n) is 3.72. The van der Waals surface area contributed by atoms with Gasteiger partial charge in [0.25, 0.3) is 0 Å². The number of hydrogen-bond acceptors (Lipinski definition) is 9. The van der Waals surface area contributed by atoms with Gasteiger partial charge in [-0.2, -0.15) is 0 Å². The van der Waals surface area contributed by atoms with Crippen LogP contribution in [0.4, 0.5) is 5.82 Å². The molecular formula is C14H17N5O6. The van der Waals surface area contributed by atoms with Gasteiger partial charge in [0.05, 0.1) is 12.9 Å². The summed E-state index contributed by atoms with van der Waals surface area (Å²) in [7, 11) is 0. The maximum Gasteiger partial charge on any atom is 0.303 e. The fraction of sp³-hybridized carbons (Fsp3) is 0.500. The minimum Gasteiger partial charge on any atom is -0.455 e. The summed E-state index contributed by atoms with van der Waals surface area (Å²) in [5.74, 6) is -0.702. The first-order valence-electron chi connectivity index (χ1n) is 7.49. The molecule has 1 saturated heterocycles. The first-order chi connectivity index (χ1) is 11.9. The lowest BCUT2D eigenvalue weighted by Crippen LogP contribution is -2.36. The Morgan fingerprint density at radius 3 is 2.76 bits per heavy atom. The van der Waals surface area contributed by atoms with Crippen molar-refractivity contribution in [1.29, 1.82) is 0 Å². The van der Waals surface area contributed by atoms with Crippen molar-refractivity contribution >= 4 is 28.9 Å². The first-order valence-corrected chi connectivity index (χ1v) is 7.49. The van der Waals surface area contributed by atoms with E-state index < -0.39 is 37.1 Å². The molecule has 4 atom stereocenters. The number of aliphatic hydroxyl groups excluding tert-OH is 2. The molecule has 25 heavy (non-hydrogen) atoms. The van der Waals surface area contributed by atoms with Gasteiger partial charge in [-0.3, -0.25) is 14.2 Å². The Morgan fingerprint density at radius 1 is 1.36 bits per heavy atom. The van der Waals surface area contributed by atoms with Crippen LogP contribution >= 0.6 is 0 Å². The Balaban J connectivity index is 2.02. The van der Waals surface area contributed by atoms with E-state index in [1.165, 1.54) is 31.1 Å². The molecule has 1 aliphatic rings. The van der Waals surface area contributed by atoms with E-state index >= 15 is 0 Å². The minimum atomic E-state index is -1.21. The van der Waals surface area contributed by atoms with Gasteiger partial charge in [0.15, 0.2) is 29.3 Å². The number of ether oxygens (including phenoxy) is 2. The average Bonchev–Trinajstić information content (AvgIpc) is 3.09. The molecule has 1 aliphatic heterocycles. The molecule has 3 heterocycles. The number of amides is 1. The molecule has 134 valence electrons. The highest BCUT2D eigenvalue weighted by atomic mass is 16.6. The Bertz CT molecular complexity index is 808. The van der Waals surface area contributed by atoms with E-state index in [4.69, 9.17) is 9.47 Å². The lowest BCUT2D eigenvalue weighted by atomic mass is 10.1. The third kappa shape index (κ3) is 3.16. The van der Waals surface area contributed by atoms with Crippen LogP contribution in [0.1, 0.15) is 20.1 Å². The summed E-state index contributed by atoms with van der Waals surface area (Å²) in [4.78, 5) is 34.9. The standard InChI is InChI=1S/C14H17N5O6/c1-6(21)18-12-9-13(16-4-15-12)19(5-17-9)14-11(24-7(2)22)10(23)8(3-20)25-14/h4-5,8,10-11,14,20,23H,3H2,1-2H3,(H,15,16,18,21)/t8-,10-,11-,14-/m1/s1. The molecule has 11 nitrogen and oxygen atoms in total. The maximum absolute atomic E-state index is 11.3. The molecule has 0 saturated carbocycles. The van der Waals surface area contributed by atoms with E-state index in [0.29, 0.717) is 11.2 Å². The molecule has 0 unspecified atom stereocenters. The Kier molecular flexibility index (Phi) is 4.61. The number of nitrogens with one attached hydrogen (secondary N) is 1. The van der Waals surface area contributed by atoms with Crippen molar-refractivity contribution in [2.24, 2.45) is 0 Å². The number of carbonyl (C=O) groups is 2. The van der Waals surface area contributed by atoms with Crippen LogP contribution in [-0.2, 0) is 19.1 Å². The fourth-order valence-electron chi connectivity index (χ4n) is 2.71. The molecule has 2 aromatic heterocycles. The van der Waals surface area contributed by atoms with E-state index in [1.54, 1.807) is 0 Å². The van der Waals surface area contributed by atoms with E-state index in [1.807, 2.05) is 0 Å². The quantitative estimate of drug-likeness (QED) is 0.588. The van der Waals surface area contributed by atoms with Crippen LogP contribution < -0.4 is 5.32 Å². The van der Waals surface area contributed by atoms with Gasteiger partial charge in [-0.25, -0.2) is 15.0 Å². The normalized spacial score (nSPS) is 25.9. The molecule has 2 aromatic rings. The van der Waals surface area contributed by atoms with Crippen LogP contribution in [0, 0.1) is 0 Å². The molecule has 0 bridgehead atoms. The van der Waals surface area contributed by atoms with Crippen LogP contribution in [-0.4, -0.2) is 66.5 Å². The molecule has 1 fully saturated rings. The highest BCUT2D eigenvalue weighted by Gasteiger charge is 2.47. The molecule has 1 amide bonds. The van der Waals surface area contributed by atoms with Crippen molar-refractivity contribution < 1.29 is 29.3 Å². The van der Waals surface area contributed by atoms with Gasteiger partial charge < -0.3 is 25.0 Å². The summed E-state index contributed by atoms with van der Waals surface area (Å²) in [6.07, 6.45) is -1.52. The highest BCUT2D eigenvalue weighted by molar-refractivity contribution is 5.95. The van der Waals surface area contributed by atoms with Crippen molar-refractivity contribution in [3.05, 3.63) is 12.7 Å². The number of nitrogens with zero attached hydrogens (tertiary/aromatic N) is 4. The lowest BCUT2D eigenvalue weighted by Gasteiger charge is -2.21. The van der Waals surface area contributed by atoms with Gasteiger partial charge >= 0.3 is 5.97 Å². The summed E-state index contributed by atoms with van der Waals surface area (Å²) in [6.45, 7) is 2.09. The minimum absolute atomic E-state index is 0.220. The molecule has 3 N–H and O–H groups in total. The molecule has 0 aromatic carbocycles. The maximum atomic E-state index is 11.3. The van der Waals surface area contributed by atoms with E-state index in [9.17, 15) is 19.8 Å². The lowest BCUT2D eigenvalue weighted by molar-refractivity contribution is -0.155. The van der Waals surface area contributed by atoms with Crippen LogP contribution in [0.3, 0.4) is 0 Å². The highest BCUT2D eigenvalue weighted by Crippen LogP contribution is 2.34. The number of rotatable bonds is 4. The fourth-order valence-corrected chi connectivity index (χ4v) is 2.71. The Morgan fingerprint density at radius 2 is 2.12 bits per heavy atom. The first kappa shape index (κ1) is 17.2. The molecule has 11 heteroatoms. The number of aromatic nitrogens is 4. The van der Waals surface area contributed by atoms with Crippen molar-refractivity contribution in [2.45, 2.75) is 38.4 Å². The number of fused-ring (bicyclic) bond motifs is 1. The van der Waals surface area contributed by atoms with E-state index in [-0.39, 0.29) is 11.7 Å². The number of aliphatic hydroxyl groups is 2. The monoisotopic (exact) mass is 351 g/mol. The second kappa shape index (κ2) is 6.70. The Labute approximate surface area is 141 Å². The molecular weight excluding hydrogens is 334 g/mol. The van der Waals surface area contributed by atoms with E-state index in [2.05, 4.69) is 20.3 Å². The van der Waals surface area contributed by atoms with Gasteiger partial charge in [0.2, 0.25) is 5.91 Å². The van der Waals surface area contributed by atoms with Gasteiger partial charge in [0, 0.05) is 13.8 Å². The third-order valence-corrected chi connectivity index (χ3v) is 3.72. The van der Waals surface area contributed by atoms with Crippen molar-refractivity contribution in [3.8, 4) is 0 Å². The zero-order chi connectivity index (χ0) is 18.1. The molecule has 3 rings (SSSR count). The zero-order valence-corrected chi connectivity index (χ0v) is 13.5. The molecule has 0 spiro atoms. The average molecular weight is 351 g/mol. The van der Waals surface area contributed by atoms with Crippen LogP contribution in [0.15, 0.2) is 12.7 Å². The smallest absolute Gasteiger partial charge is 0.303 e. The van der Waals surface area contributed by atoms with Crippen LogP contribution in [0.5, 0.6) is 0 Å². The van der Waals surface area contributed by atoms with Crippen LogP contribution in [0.2, 0.25) is 0 Å². The number of hydrogen-bond donors (Lipinski definition) is 3. The van der Waals surface area contributed by atoms with Gasteiger partial charge in [0.1, 0.15) is 18.5 Å². The number of anilines is 1. The SMILES string of the molecule is CC(=O)Nc1ncnc2c1ncn2[C@@H]1O[C@H](CO)[C@@H](O)[C@H]1OC(C)=O. The summed E-state index contributed by atoms with van der Waals surface area (Å²) in [5.41, 5.74) is 0.622. The number of carbonyl (C=O) groups excluding carboxylic acids is 2. The van der Waals surface area contributed by atoms with E-state index in [0.717, 1.165) is 0 Å². The molecule has 0 radical (unpaired) electrons. The second-order valence-electron chi connectivity index (χ2n) is 5.54. The van der Waals surface area contributed by atoms with Gasteiger partial charge in [-0.05, 0) is 0 Å². The predicted octanol–water partition coefficient (Wildman–Crippen LogP) is -1.03. The second-order valence-corrected chi connectivity index (χ2v) is 5.54. The van der Waals surface area contributed by atoms with Gasteiger partial charge in [-0.1, -0.05) is 0 Å². The van der Waals surface area contributed by atoms with Gasteiger partial charge in [-0.15, -0.1) is 0 Å². The molecule has 0 aliphatic carbocycles. The summed E-state index contributed by atoms with van der Waals surface area (Å²) >= 11 is 0. The number of esters is 1. The Hall–Kier alpha value is -2.63. The predicted molar refractivity (Wildman–Crippen MR) is 82.2 cm³/mol. The van der Waals surface area contributed by atoms with Crippen molar-refractivity contribution in [2.75, 3.05) is 11.9 Å². The summed E-state index contributed by atoms with van der Waals surface area (Å²) < 4.78 is 12.2.